The molecule has 12 heavy (non-hydrogen) atoms. The number of pyridine rings is 1. The van der Waals surface area contributed by atoms with Gasteiger partial charge in [0.15, 0.2) is 0 Å². The fourth-order valence-electron chi connectivity index (χ4n) is 1.09. The molecular weight excluding hydrogens is 150 g/mol. The first kappa shape index (κ1) is 8.76. The number of aromatic nitrogens is 1. The lowest BCUT2D eigenvalue weighted by molar-refractivity contribution is 0.237. The topological polar surface area (TPSA) is 33.1 Å². The molecule has 1 atom stereocenters. The van der Waals surface area contributed by atoms with E-state index in [0.717, 1.165) is 17.5 Å². The number of hydrogen-bond donors (Lipinski definition) is 1. The Morgan fingerprint density at radius 2 is 2.50 bits per heavy atom. The lowest BCUT2D eigenvalue weighted by Gasteiger charge is -2.07. The predicted molar refractivity (Wildman–Crippen MR) is 47.4 cm³/mol. The zero-order valence-electron chi connectivity index (χ0n) is 6.99. The van der Waals surface area contributed by atoms with E-state index in [1.165, 1.54) is 0 Å². The molecule has 0 aliphatic rings. The van der Waals surface area contributed by atoms with E-state index >= 15 is 0 Å². The van der Waals surface area contributed by atoms with Crippen molar-refractivity contribution in [2.24, 2.45) is 0 Å². The van der Waals surface area contributed by atoms with Crippen LogP contribution in [0.2, 0.25) is 0 Å². The molecule has 1 aromatic rings. The highest BCUT2D eigenvalue weighted by molar-refractivity contribution is 5.29. The summed E-state index contributed by atoms with van der Waals surface area (Å²) in [7, 11) is 0. The second-order valence-electron chi connectivity index (χ2n) is 2.50. The van der Waals surface area contributed by atoms with Crippen LogP contribution in [0.25, 0.3) is 0 Å². The molecule has 0 unspecified atom stereocenters. The minimum Gasteiger partial charge on any atom is -0.376 e. The van der Waals surface area contributed by atoms with Gasteiger partial charge in [0.1, 0.15) is 6.10 Å². The Hall–Kier alpha value is -1.33. The van der Waals surface area contributed by atoms with Crippen molar-refractivity contribution >= 4 is 0 Å². The molecule has 1 heterocycles. The Balaban J connectivity index is 3.06. The summed E-state index contributed by atoms with van der Waals surface area (Å²) in [5.41, 5.74) is 1.79. The van der Waals surface area contributed by atoms with Crippen LogP contribution in [0.3, 0.4) is 0 Å². The number of terminal acetylenes is 1. The summed E-state index contributed by atoms with van der Waals surface area (Å²) in [5.74, 6) is 2.28. The molecule has 0 aliphatic carbocycles. The summed E-state index contributed by atoms with van der Waals surface area (Å²) in [6.07, 6.45) is 8.51. The number of aliphatic hydroxyl groups excluding tert-OH is 1. The highest BCUT2D eigenvalue weighted by atomic mass is 16.3. The Morgan fingerprint density at radius 1 is 1.75 bits per heavy atom. The summed E-state index contributed by atoms with van der Waals surface area (Å²) >= 11 is 0. The van der Waals surface area contributed by atoms with Crippen molar-refractivity contribution in [3.05, 3.63) is 29.6 Å². The lowest BCUT2D eigenvalue weighted by atomic mass is 10.0. The molecule has 0 radical (unpaired) electrons. The van der Waals surface area contributed by atoms with Crippen LogP contribution in [0.5, 0.6) is 0 Å². The SMILES string of the molecule is C#C[C@@H](O)c1ccncc1CC. The standard InChI is InChI=1S/C10H11NO/c1-3-8-7-11-6-5-9(8)10(12)4-2/h2,5-7,10,12H,3H2,1H3/t10-/m1/s1. The van der Waals surface area contributed by atoms with E-state index in [1.807, 2.05) is 6.92 Å². The van der Waals surface area contributed by atoms with Crippen LogP contribution in [0.1, 0.15) is 24.2 Å². The van der Waals surface area contributed by atoms with Gasteiger partial charge >= 0.3 is 0 Å². The van der Waals surface area contributed by atoms with Gasteiger partial charge in [-0.3, -0.25) is 4.98 Å². The third-order valence-electron chi connectivity index (χ3n) is 1.77. The van der Waals surface area contributed by atoms with Crippen molar-refractivity contribution in [1.29, 1.82) is 0 Å². The Kier molecular flexibility index (Phi) is 2.84. The molecule has 0 amide bonds. The second-order valence-corrected chi connectivity index (χ2v) is 2.50. The molecule has 0 fully saturated rings. The van der Waals surface area contributed by atoms with E-state index in [2.05, 4.69) is 10.9 Å². The van der Waals surface area contributed by atoms with Gasteiger partial charge in [-0.2, -0.15) is 0 Å². The van der Waals surface area contributed by atoms with E-state index in [-0.39, 0.29) is 0 Å². The minimum atomic E-state index is -0.803. The smallest absolute Gasteiger partial charge is 0.140 e. The van der Waals surface area contributed by atoms with Crippen molar-refractivity contribution < 1.29 is 5.11 Å². The van der Waals surface area contributed by atoms with E-state index in [9.17, 15) is 5.11 Å². The zero-order chi connectivity index (χ0) is 8.97. The van der Waals surface area contributed by atoms with Gasteiger partial charge in [-0.15, -0.1) is 6.42 Å². The third-order valence-corrected chi connectivity index (χ3v) is 1.77. The van der Waals surface area contributed by atoms with Crippen LogP contribution in [0.15, 0.2) is 18.5 Å². The van der Waals surface area contributed by atoms with E-state index in [4.69, 9.17) is 6.42 Å². The van der Waals surface area contributed by atoms with Gasteiger partial charge in [-0.05, 0) is 23.6 Å². The molecule has 62 valence electrons. The average molecular weight is 161 g/mol. The summed E-state index contributed by atoms with van der Waals surface area (Å²) in [4.78, 5) is 3.95. The molecule has 1 N–H and O–H groups in total. The maximum absolute atomic E-state index is 9.38. The number of rotatable bonds is 2. The lowest BCUT2D eigenvalue weighted by Crippen LogP contribution is -1.99. The number of nitrogens with zero attached hydrogens (tertiary/aromatic N) is 1. The average Bonchev–Trinajstić information content (AvgIpc) is 2.16. The first-order valence-electron chi connectivity index (χ1n) is 3.86. The van der Waals surface area contributed by atoms with Crippen LogP contribution in [0.4, 0.5) is 0 Å². The van der Waals surface area contributed by atoms with Gasteiger partial charge in [0.2, 0.25) is 0 Å². The number of aliphatic hydroxyl groups is 1. The molecule has 0 saturated heterocycles. The van der Waals surface area contributed by atoms with Crippen molar-refractivity contribution in [2.45, 2.75) is 19.4 Å². The maximum Gasteiger partial charge on any atom is 0.140 e. The Labute approximate surface area is 72.3 Å². The molecule has 1 aromatic heterocycles. The normalized spacial score (nSPS) is 12.1. The molecule has 1 rings (SSSR count). The van der Waals surface area contributed by atoms with Crippen LogP contribution >= 0.6 is 0 Å². The molecular formula is C10H11NO. The highest BCUT2D eigenvalue weighted by Gasteiger charge is 2.07. The molecule has 0 spiro atoms. The summed E-state index contributed by atoms with van der Waals surface area (Å²) in [6.45, 7) is 2.00. The molecule has 0 saturated carbocycles. The van der Waals surface area contributed by atoms with Crippen molar-refractivity contribution in [3.8, 4) is 12.3 Å². The zero-order valence-corrected chi connectivity index (χ0v) is 6.99. The minimum absolute atomic E-state index is 0.787. The van der Waals surface area contributed by atoms with Crippen molar-refractivity contribution in [2.75, 3.05) is 0 Å². The van der Waals surface area contributed by atoms with E-state index in [1.54, 1.807) is 18.5 Å². The van der Waals surface area contributed by atoms with E-state index < -0.39 is 6.10 Å². The largest absolute Gasteiger partial charge is 0.376 e. The van der Waals surface area contributed by atoms with Crippen LogP contribution < -0.4 is 0 Å². The first-order valence-corrected chi connectivity index (χ1v) is 3.86. The summed E-state index contributed by atoms with van der Waals surface area (Å²) in [5, 5.41) is 9.38. The van der Waals surface area contributed by atoms with Gasteiger partial charge in [0.25, 0.3) is 0 Å². The molecule has 0 aromatic carbocycles. The number of aryl methyl sites for hydroxylation is 1. The van der Waals surface area contributed by atoms with Crippen molar-refractivity contribution in [3.63, 3.8) is 0 Å². The summed E-state index contributed by atoms with van der Waals surface area (Å²) < 4.78 is 0. The monoisotopic (exact) mass is 161 g/mol. The van der Waals surface area contributed by atoms with E-state index in [0.29, 0.717) is 0 Å². The fraction of sp³-hybridized carbons (Fsp3) is 0.300. The predicted octanol–water partition coefficient (Wildman–Crippen LogP) is 1.31. The van der Waals surface area contributed by atoms with Gasteiger partial charge < -0.3 is 5.11 Å². The molecule has 0 bridgehead atoms. The maximum atomic E-state index is 9.38. The van der Waals surface area contributed by atoms with Gasteiger partial charge in [0, 0.05) is 12.4 Å². The van der Waals surface area contributed by atoms with Crippen LogP contribution in [-0.2, 0) is 6.42 Å². The first-order chi connectivity index (χ1) is 5.79. The van der Waals surface area contributed by atoms with Crippen LogP contribution in [-0.4, -0.2) is 10.1 Å². The molecule has 2 heteroatoms. The van der Waals surface area contributed by atoms with Gasteiger partial charge in [0.05, 0.1) is 0 Å². The van der Waals surface area contributed by atoms with Gasteiger partial charge in [-0.1, -0.05) is 12.8 Å². The Bertz CT molecular complexity index is 301. The number of hydrogen-bond acceptors (Lipinski definition) is 2. The molecule has 0 aliphatic heterocycles. The third kappa shape index (κ3) is 1.63. The van der Waals surface area contributed by atoms with Crippen molar-refractivity contribution in [1.82, 2.24) is 4.98 Å². The summed E-state index contributed by atoms with van der Waals surface area (Å²) in [6, 6.07) is 1.75. The second kappa shape index (κ2) is 3.89. The Morgan fingerprint density at radius 3 is 3.08 bits per heavy atom. The highest BCUT2D eigenvalue weighted by Crippen LogP contribution is 2.16. The molecule has 2 nitrogen and oxygen atoms in total. The van der Waals surface area contributed by atoms with Crippen LogP contribution in [0, 0.1) is 12.3 Å². The van der Waals surface area contributed by atoms with Gasteiger partial charge in [-0.25, -0.2) is 0 Å². The quantitative estimate of drug-likeness (QED) is 0.663. The fourth-order valence-corrected chi connectivity index (χ4v) is 1.09.